The summed E-state index contributed by atoms with van der Waals surface area (Å²) >= 11 is 1.52. The highest BCUT2D eigenvalue weighted by molar-refractivity contribution is 7.12. The Kier molecular flexibility index (Phi) is 6.26. The van der Waals surface area contributed by atoms with Gasteiger partial charge in [-0.3, -0.25) is 5.41 Å². The number of benzene rings is 1. The molecule has 1 aliphatic heterocycles. The molecule has 1 aliphatic carbocycles. The number of hydrogen-bond acceptors (Lipinski definition) is 6. The van der Waals surface area contributed by atoms with Crippen LogP contribution in [0.15, 0.2) is 60.3 Å². The summed E-state index contributed by atoms with van der Waals surface area (Å²) in [5.41, 5.74) is 5.64. The van der Waals surface area contributed by atoms with E-state index in [0.29, 0.717) is 11.8 Å². The minimum Gasteiger partial charge on any atom is -0.378 e. The predicted octanol–water partition coefficient (Wildman–Crippen LogP) is 6.47. The van der Waals surface area contributed by atoms with Crippen molar-refractivity contribution >= 4 is 22.9 Å². The number of anilines is 1. The fourth-order valence-corrected chi connectivity index (χ4v) is 6.01. The lowest BCUT2D eigenvalue weighted by Gasteiger charge is -2.27. The van der Waals surface area contributed by atoms with Gasteiger partial charge in [-0.2, -0.15) is 0 Å². The molecule has 0 spiro atoms. The number of nitrogens with zero attached hydrogens (tertiary/aromatic N) is 3. The molecular weight excluding hydrogens is 438 g/mol. The number of nitrogens with one attached hydrogen (secondary N) is 2. The van der Waals surface area contributed by atoms with Gasteiger partial charge in [-0.25, -0.2) is 9.97 Å². The van der Waals surface area contributed by atoms with E-state index >= 15 is 0 Å². The molecule has 1 atom stereocenters. The Hall–Kier alpha value is -2.99. The molecule has 2 aromatic heterocycles. The molecule has 2 aliphatic rings. The molecule has 1 aromatic carbocycles. The topological polar surface area (TPSA) is 64.9 Å². The van der Waals surface area contributed by atoms with Gasteiger partial charge in [0.1, 0.15) is 16.5 Å². The first-order valence-electron chi connectivity index (χ1n) is 12.2. The maximum Gasteiger partial charge on any atom is 0.142 e. The number of allylic oxidation sites excluding steroid dienone is 1. The molecule has 3 aromatic rings. The second-order valence-corrected chi connectivity index (χ2v) is 10.7. The van der Waals surface area contributed by atoms with Gasteiger partial charge in [0.2, 0.25) is 0 Å². The molecular formula is C28H33N5S. The van der Waals surface area contributed by atoms with Gasteiger partial charge in [-0.15, -0.1) is 11.3 Å². The van der Waals surface area contributed by atoms with E-state index in [1.165, 1.54) is 54.7 Å². The highest BCUT2D eigenvalue weighted by Gasteiger charge is 2.37. The van der Waals surface area contributed by atoms with E-state index in [-0.39, 0.29) is 5.41 Å². The molecule has 0 bridgehead atoms. The van der Waals surface area contributed by atoms with Crippen LogP contribution in [-0.2, 0) is 5.41 Å². The molecule has 5 nitrogen and oxygen atoms in total. The SMILES string of the molecule is C=C1N(C)CCC1(C)c1cccc(-c2csc(C(=N)c3cccnc3NC3CCCCC3)n2)c1. The van der Waals surface area contributed by atoms with Gasteiger partial charge in [0, 0.05) is 53.5 Å². The average Bonchev–Trinajstić information content (AvgIpc) is 3.47. The van der Waals surface area contributed by atoms with E-state index in [2.05, 4.69) is 65.4 Å². The summed E-state index contributed by atoms with van der Waals surface area (Å²) in [6, 6.07) is 13.0. The third kappa shape index (κ3) is 4.27. The van der Waals surface area contributed by atoms with E-state index in [0.717, 1.165) is 40.6 Å². The van der Waals surface area contributed by atoms with Crippen LogP contribution in [0.3, 0.4) is 0 Å². The second-order valence-electron chi connectivity index (χ2n) is 9.82. The predicted molar refractivity (Wildman–Crippen MR) is 142 cm³/mol. The van der Waals surface area contributed by atoms with Crippen LogP contribution in [0.1, 0.15) is 61.6 Å². The number of likely N-dealkylation sites (tertiary alicyclic amines) is 1. The van der Waals surface area contributed by atoms with Crippen LogP contribution in [0.4, 0.5) is 5.82 Å². The minimum atomic E-state index is -0.0499. The highest BCUT2D eigenvalue weighted by Crippen LogP contribution is 2.42. The standard InChI is InChI=1S/C28H33N5S/c1-19-28(2,14-16-33(19)3)21-10-7-9-20(17-21)24-18-34-27(32-24)25(29)23-13-8-15-30-26(23)31-22-11-5-4-6-12-22/h7-10,13,15,17-18,22,29H,1,4-6,11-12,14,16H2,2-3H3,(H,30,31). The van der Waals surface area contributed by atoms with Gasteiger partial charge in [0.05, 0.1) is 5.69 Å². The zero-order valence-electron chi connectivity index (χ0n) is 20.1. The fraction of sp³-hybridized carbons (Fsp3) is 0.393. The van der Waals surface area contributed by atoms with Crippen molar-refractivity contribution < 1.29 is 0 Å². The number of likely N-dealkylation sites (N-methyl/N-ethyl adjacent to an activating group) is 1. The molecule has 176 valence electrons. The summed E-state index contributed by atoms with van der Waals surface area (Å²) in [6.45, 7) is 7.66. The van der Waals surface area contributed by atoms with Crippen molar-refractivity contribution in [3.8, 4) is 11.3 Å². The molecule has 2 N–H and O–H groups in total. The number of thiazole rings is 1. The molecule has 1 unspecified atom stereocenters. The zero-order chi connectivity index (χ0) is 23.7. The van der Waals surface area contributed by atoms with Gasteiger partial charge >= 0.3 is 0 Å². The van der Waals surface area contributed by atoms with Gasteiger partial charge in [0.15, 0.2) is 0 Å². The summed E-state index contributed by atoms with van der Waals surface area (Å²) in [5.74, 6) is 0.801. The first-order chi connectivity index (χ1) is 16.5. The third-order valence-electron chi connectivity index (χ3n) is 7.58. The molecule has 0 radical (unpaired) electrons. The minimum absolute atomic E-state index is 0.0499. The number of aromatic nitrogens is 2. The molecule has 1 saturated heterocycles. The number of rotatable bonds is 6. The Labute approximate surface area is 206 Å². The van der Waals surface area contributed by atoms with Crippen LogP contribution in [0.5, 0.6) is 0 Å². The molecule has 3 heterocycles. The number of pyridine rings is 1. The summed E-state index contributed by atoms with van der Waals surface area (Å²) in [6.07, 6.45) is 9.04. The maximum atomic E-state index is 8.91. The lowest BCUT2D eigenvalue weighted by molar-refractivity contribution is 0.462. The van der Waals surface area contributed by atoms with Crippen molar-refractivity contribution in [2.75, 3.05) is 18.9 Å². The lowest BCUT2D eigenvalue weighted by atomic mass is 9.79. The Balaban J connectivity index is 1.39. The highest BCUT2D eigenvalue weighted by atomic mass is 32.1. The van der Waals surface area contributed by atoms with Crippen molar-refractivity contribution in [1.29, 1.82) is 5.41 Å². The summed E-state index contributed by atoms with van der Waals surface area (Å²) in [4.78, 5) is 11.7. The largest absolute Gasteiger partial charge is 0.378 e. The van der Waals surface area contributed by atoms with Crippen LogP contribution in [0.25, 0.3) is 11.3 Å². The van der Waals surface area contributed by atoms with Gasteiger partial charge in [-0.05, 0) is 49.9 Å². The monoisotopic (exact) mass is 471 g/mol. The van der Waals surface area contributed by atoms with Gasteiger partial charge < -0.3 is 10.2 Å². The molecule has 2 fully saturated rings. The van der Waals surface area contributed by atoms with E-state index in [9.17, 15) is 0 Å². The Bertz CT molecular complexity index is 1210. The first-order valence-corrected chi connectivity index (χ1v) is 13.1. The molecule has 0 amide bonds. The fourth-order valence-electron chi connectivity index (χ4n) is 5.22. The van der Waals surface area contributed by atoms with E-state index in [4.69, 9.17) is 10.4 Å². The van der Waals surface area contributed by atoms with E-state index < -0.39 is 0 Å². The molecule has 1 saturated carbocycles. The van der Waals surface area contributed by atoms with Crippen LogP contribution in [0.2, 0.25) is 0 Å². The first kappa shape index (κ1) is 22.8. The Morgan fingerprint density at radius 1 is 1.21 bits per heavy atom. The molecule has 34 heavy (non-hydrogen) atoms. The van der Waals surface area contributed by atoms with E-state index in [1.54, 1.807) is 6.20 Å². The van der Waals surface area contributed by atoms with Gasteiger partial charge in [0.25, 0.3) is 0 Å². The van der Waals surface area contributed by atoms with Crippen molar-refractivity contribution in [3.63, 3.8) is 0 Å². The summed E-state index contributed by atoms with van der Waals surface area (Å²) in [5, 5.41) is 15.3. The van der Waals surface area contributed by atoms with Crippen LogP contribution < -0.4 is 5.32 Å². The van der Waals surface area contributed by atoms with E-state index in [1.807, 2.05) is 12.1 Å². The zero-order valence-corrected chi connectivity index (χ0v) is 20.9. The summed E-state index contributed by atoms with van der Waals surface area (Å²) in [7, 11) is 2.12. The molecule has 6 heteroatoms. The second kappa shape index (κ2) is 9.34. The Morgan fingerprint density at radius 3 is 2.79 bits per heavy atom. The van der Waals surface area contributed by atoms with Crippen molar-refractivity contribution in [2.45, 2.75) is 56.9 Å². The lowest BCUT2D eigenvalue weighted by Crippen LogP contribution is -2.24. The number of hydrogen-bond donors (Lipinski definition) is 2. The van der Waals surface area contributed by atoms with Gasteiger partial charge in [-0.1, -0.05) is 44.0 Å². The van der Waals surface area contributed by atoms with Crippen LogP contribution in [-0.4, -0.2) is 40.2 Å². The third-order valence-corrected chi connectivity index (χ3v) is 8.44. The average molecular weight is 472 g/mol. The van der Waals surface area contributed by atoms with Crippen molar-refractivity contribution in [3.05, 3.63) is 76.4 Å². The van der Waals surface area contributed by atoms with Crippen LogP contribution in [0, 0.1) is 5.41 Å². The van der Waals surface area contributed by atoms with Crippen molar-refractivity contribution in [2.24, 2.45) is 0 Å². The van der Waals surface area contributed by atoms with Crippen LogP contribution >= 0.6 is 11.3 Å². The molecule has 5 rings (SSSR count). The van der Waals surface area contributed by atoms with Crippen molar-refractivity contribution in [1.82, 2.24) is 14.9 Å². The normalized spacial score (nSPS) is 21.1. The smallest absolute Gasteiger partial charge is 0.142 e. The Morgan fingerprint density at radius 2 is 2.03 bits per heavy atom. The summed E-state index contributed by atoms with van der Waals surface area (Å²) < 4.78 is 0. The quantitative estimate of drug-likeness (QED) is 0.404. The maximum absolute atomic E-state index is 8.91.